The van der Waals surface area contributed by atoms with Gasteiger partial charge in [-0.05, 0) is 27.4 Å². The first kappa shape index (κ1) is 22.1. The maximum absolute atomic E-state index is 5.32. The van der Waals surface area contributed by atoms with E-state index in [-0.39, 0.29) is 30.0 Å². The largest absolute Gasteiger partial charge is 0.382 e. The molecule has 0 saturated heterocycles. The Morgan fingerprint density at radius 3 is 2.70 bits per heavy atom. The van der Waals surface area contributed by atoms with E-state index in [1.54, 1.807) is 7.05 Å². The summed E-state index contributed by atoms with van der Waals surface area (Å²) in [7, 11) is 7.85. The van der Waals surface area contributed by atoms with E-state index in [0.29, 0.717) is 0 Å². The molecule has 1 aromatic heterocycles. The molecule has 0 amide bonds. The van der Waals surface area contributed by atoms with Crippen molar-refractivity contribution < 1.29 is 4.74 Å². The molecule has 0 aliphatic carbocycles. The maximum atomic E-state index is 5.32. The van der Waals surface area contributed by atoms with Crippen molar-refractivity contribution in [1.82, 2.24) is 25.3 Å². The van der Waals surface area contributed by atoms with Crippen LogP contribution in [0.1, 0.15) is 24.9 Å². The Kier molecular flexibility index (Phi) is 12.1. The lowest BCUT2D eigenvalue weighted by atomic mass is 10.1. The molecule has 0 radical (unpaired) electrons. The molecule has 0 aliphatic heterocycles. The van der Waals surface area contributed by atoms with E-state index >= 15 is 0 Å². The van der Waals surface area contributed by atoms with Gasteiger partial charge in [0.25, 0.3) is 0 Å². The van der Waals surface area contributed by atoms with Crippen LogP contribution in [-0.4, -0.2) is 68.1 Å². The van der Waals surface area contributed by atoms with Crippen LogP contribution in [0.5, 0.6) is 0 Å². The van der Waals surface area contributed by atoms with Crippen molar-refractivity contribution in [3.8, 4) is 0 Å². The standard InChI is InChI=1S/C15H30N6O.HI/c1-6-22-9-7-8-17-15(16-2)18-11-14(20(3)4)13-10-19-21(5)12-13;/h10,12,14H,6-9,11H2,1-5H3,(H2,16,17,18);1H. The first-order chi connectivity index (χ1) is 10.6. The average Bonchev–Trinajstić information content (AvgIpc) is 2.91. The van der Waals surface area contributed by atoms with Crippen molar-refractivity contribution in [3.05, 3.63) is 18.0 Å². The summed E-state index contributed by atoms with van der Waals surface area (Å²) in [4.78, 5) is 6.42. The minimum atomic E-state index is 0. The summed E-state index contributed by atoms with van der Waals surface area (Å²) in [6.07, 6.45) is 4.92. The van der Waals surface area contributed by atoms with Crippen molar-refractivity contribution >= 4 is 29.9 Å². The quantitative estimate of drug-likeness (QED) is 0.263. The molecule has 1 aromatic rings. The monoisotopic (exact) mass is 438 g/mol. The topological polar surface area (TPSA) is 66.7 Å². The lowest BCUT2D eigenvalue weighted by molar-refractivity contribution is 0.145. The van der Waals surface area contributed by atoms with Gasteiger partial charge in [0, 0.05) is 52.2 Å². The smallest absolute Gasteiger partial charge is 0.191 e. The van der Waals surface area contributed by atoms with E-state index in [0.717, 1.165) is 38.7 Å². The first-order valence-electron chi connectivity index (χ1n) is 7.75. The summed E-state index contributed by atoms with van der Waals surface area (Å²) in [5.74, 6) is 0.812. The number of ether oxygens (including phenoxy) is 1. The lowest BCUT2D eigenvalue weighted by Gasteiger charge is -2.24. The molecule has 0 aliphatic rings. The van der Waals surface area contributed by atoms with Crippen molar-refractivity contribution in [2.75, 3.05) is 47.4 Å². The molecule has 8 heteroatoms. The van der Waals surface area contributed by atoms with Crippen LogP contribution in [0.15, 0.2) is 17.4 Å². The molecule has 1 unspecified atom stereocenters. The van der Waals surface area contributed by atoms with Gasteiger partial charge in [0.05, 0.1) is 12.2 Å². The SMILES string of the molecule is CCOCCCNC(=NC)NCC(c1cnn(C)c1)N(C)C.I. The van der Waals surface area contributed by atoms with Gasteiger partial charge in [-0.1, -0.05) is 0 Å². The second kappa shape index (κ2) is 12.5. The number of aromatic nitrogens is 2. The second-order valence-corrected chi connectivity index (χ2v) is 5.36. The summed E-state index contributed by atoms with van der Waals surface area (Å²) in [5, 5.41) is 10.9. The normalized spacial score (nSPS) is 12.9. The number of aliphatic imine (C=N–C) groups is 1. The molecule has 0 fully saturated rings. The highest BCUT2D eigenvalue weighted by atomic mass is 127. The van der Waals surface area contributed by atoms with Gasteiger partial charge >= 0.3 is 0 Å². The number of aryl methyl sites for hydroxylation is 1. The molecule has 0 spiro atoms. The molecule has 134 valence electrons. The number of guanidine groups is 1. The lowest BCUT2D eigenvalue weighted by Crippen LogP contribution is -2.42. The Hall–Kier alpha value is -0.870. The number of hydrogen-bond acceptors (Lipinski definition) is 4. The zero-order valence-electron chi connectivity index (χ0n) is 14.9. The van der Waals surface area contributed by atoms with Crippen molar-refractivity contribution in [3.63, 3.8) is 0 Å². The number of nitrogens with zero attached hydrogens (tertiary/aromatic N) is 4. The van der Waals surface area contributed by atoms with Gasteiger partial charge in [-0.3, -0.25) is 9.67 Å². The fourth-order valence-corrected chi connectivity index (χ4v) is 2.15. The van der Waals surface area contributed by atoms with Gasteiger partial charge in [0.15, 0.2) is 5.96 Å². The number of hydrogen-bond donors (Lipinski definition) is 2. The van der Waals surface area contributed by atoms with E-state index in [9.17, 15) is 0 Å². The van der Waals surface area contributed by atoms with Crippen LogP contribution in [0.3, 0.4) is 0 Å². The van der Waals surface area contributed by atoms with Gasteiger partial charge in [-0.2, -0.15) is 5.10 Å². The summed E-state index contributed by atoms with van der Waals surface area (Å²) in [6, 6.07) is 0.246. The molecular weight excluding hydrogens is 407 g/mol. The highest BCUT2D eigenvalue weighted by Gasteiger charge is 2.16. The molecular formula is C15H31IN6O. The third-order valence-corrected chi connectivity index (χ3v) is 3.38. The second-order valence-electron chi connectivity index (χ2n) is 5.36. The first-order valence-corrected chi connectivity index (χ1v) is 7.75. The fraction of sp³-hybridized carbons (Fsp3) is 0.733. The van der Waals surface area contributed by atoms with Crippen LogP contribution in [-0.2, 0) is 11.8 Å². The molecule has 2 N–H and O–H groups in total. The minimum absolute atomic E-state index is 0. The maximum Gasteiger partial charge on any atom is 0.191 e. The Morgan fingerprint density at radius 1 is 1.43 bits per heavy atom. The van der Waals surface area contributed by atoms with Gasteiger partial charge in [0.1, 0.15) is 0 Å². The van der Waals surface area contributed by atoms with Gasteiger partial charge in [0.2, 0.25) is 0 Å². The van der Waals surface area contributed by atoms with E-state index in [4.69, 9.17) is 4.74 Å². The van der Waals surface area contributed by atoms with Crippen molar-refractivity contribution in [1.29, 1.82) is 0 Å². The summed E-state index contributed by atoms with van der Waals surface area (Å²) >= 11 is 0. The van der Waals surface area contributed by atoms with E-state index in [1.807, 2.05) is 31.0 Å². The predicted molar refractivity (Wildman–Crippen MR) is 106 cm³/mol. The van der Waals surface area contributed by atoms with E-state index < -0.39 is 0 Å². The van der Waals surface area contributed by atoms with Crippen LogP contribution in [0, 0.1) is 0 Å². The van der Waals surface area contributed by atoms with E-state index in [2.05, 4.69) is 39.7 Å². The zero-order valence-corrected chi connectivity index (χ0v) is 17.2. The molecule has 1 rings (SSSR count). The van der Waals surface area contributed by atoms with Crippen LogP contribution < -0.4 is 10.6 Å². The Labute approximate surface area is 156 Å². The number of nitrogens with one attached hydrogen (secondary N) is 2. The third kappa shape index (κ3) is 8.52. The highest BCUT2D eigenvalue weighted by Crippen LogP contribution is 2.15. The molecule has 23 heavy (non-hydrogen) atoms. The van der Waals surface area contributed by atoms with Crippen LogP contribution >= 0.6 is 24.0 Å². The Balaban J connectivity index is 0.00000484. The van der Waals surface area contributed by atoms with Crippen molar-refractivity contribution in [2.45, 2.75) is 19.4 Å². The molecule has 0 saturated carbocycles. The predicted octanol–water partition coefficient (Wildman–Crippen LogP) is 1.23. The van der Waals surface area contributed by atoms with Gasteiger partial charge < -0.3 is 20.3 Å². The van der Waals surface area contributed by atoms with Gasteiger partial charge in [-0.25, -0.2) is 0 Å². The van der Waals surface area contributed by atoms with Crippen LogP contribution in [0.2, 0.25) is 0 Å². The van der Waals surface area contributed by atoms with E-state index in [1.165, 1.54) is 5.56 Å². The number of halogens is 1. The number of likely N-dealkylation sites (N-methyl/N-ethyl adjacent to an activating group) is 1. The molecule has 0 bridgehead atoms. The van der Waals surface area contributed by atoms with Crippen LogP contribution in [0.25, 0.3) is 0 Å². The highest BCUT2D eigenvalue weighted by molar-refractivity contribution is 14.0. The van der Waals surface area contributed by atoms with Crippen molar-refractivity contribution in [2.24, 2.45) is 12.0 Å². The summed E-state index contributed by atoms with van der Waals surface area (Å²) < 4.78 is 7.15. The Morgan fingerprint density at radius 2 is 2.17 bits per heavy atom. The summed E-state index contributed by atoms with van der Waals surface area (Å²) in [5.41, 5.74) is 1.19. The molecule has 1 atom stereocenters. The molecule has 7 nitrogen and oxygen atoms in total. The minimum Gasteiger partial charge on any atom is -0.382 e. The Bertz CT molecular complexity index is 449. The fourth-order valence-electron chi connectivity index (χ4n) is 2.15. The molecule has 0 aromatic carbocycles. The molecule has 1 heterocycles. The van der Waals surface area contributed by atoms with Crippen LogP contribution in [0.4, 0.5) is 0 Å². The zero-order chi connectivity index (χ0) is 16.4. The third-order valence-electron chi connectivity index (χ3n) is 3.38. The summed E-state index contributed by atoms with van der Waals surface area (Å²) in [6.45, 7) is 5.16. The number of rotatable bonds is 9. The average molecular weight is 438 g/mol. The van der Waals surface area contributed by atoms with Gasteiger partial charge in [-0.15, -0.1) is 24.0 Å².